The lowest BCUT2D eigenvalue weighted by Gasteiger charge is -2.28. The van der Waals surface area contributed by atoms with Gasteiger partial charge in [0.25, 0.3) is 0 Å². The van der Waals surface area contributed by atoms with Crippen molar-refractivity contribution in [1.82, 2.24) is 5.32 Å². The van der Waals surface area contributed by atoms with Crippen molar-refractivity contribution in [2.45, 2.75) is 18.9 Å². The maximum absolute atomic E-state index is 11.4. The first-order valence-electron chi connectivity index (χ1n) is 8.86. The van der Waals surface area contributed by atoms with Gasteiger partial charge in [0.2, 0.25) is 0 Å². The molecule has 3 aromatic rings. The lowest BCUT2D eigenvalue weighted by Crippen LogP contribution is -2.31. The second-order valence-electron chi connectivity index (χ2n) is 6.91. The van der Waals surface area contributed by atoms with Crippen LogP contribution in [-0.4, -0.2) is 26.3 Å². The molecule has 140 valence electrons. The predicted molar refractivity (Wildman–Crippen MR) is 106 cm³/mol. The lowest BCUT2D eigenvalue weighted by molar-refractivity contribution is 0.424. The molecule has 0 aromatic heterocycles. The van der Waals surface area contributed by atoms with E-state index in [-0.39, 0.29) is 17.5 Å². The van der Waals surface area contributed by atoms with Gasteiger partial charge in [-0.15, -0.1) is 0 Å². The highest BCUT2D eigenvalue weighted by atomic mass is 32.2. The maximum atomic E-state index is 11.4. The van der Waals surface area contributed by atoms with Crippen molar-refractivity contribution >= 4 is 20.9 Å². The van der Waals surface area contributed by atoms with Crippen LogP contribution >= 0.6 is 0 Å². The van der Waals surface area contributed by atoms with Crippen LogP contribution in [0.3, 0.4) is 0 Å². The fourth-order valence-electron chi connectivity index (χ4n) is 3.76. The van der Waals surface area contributed by atoms with Crippen LogP contribution in [0, 0.1) is 0 Å². The van der Waals surface area contributed by atoms with Crippen LogP contribution in [0.1, 0.15) is 22.7 Å². The van der Waals surface area contributed by atoms with E-state index in [9.17, 15) is 13.5 Å². The molecule has 0 saturated carbocycles. The van der Waals surface area contributed by atoms with Gasteiger partial charge in [-0.05, 0) is 59.0 Å². The number of nitrogens with one attached hydrogen (secondary N) is 1. The van der Waals surface area contributed by atoms with Crippen molar-refractivity contribution in [3.8, 4) is 11.5 Å². The van der Waals surface area contributed by atoms with Gasteiger partial charge in [-0.25, -0.2) is 0 Å². The molecule has 0 radical (unpaired) electrons. The van der Waals surface area contributed by atoms with E-state index in [0.29, 0.717) is 0 Å². The maximum Gasteiger partial charge on any atom is 0.306 e. The van der Waals surface area contributed by atoms with E-state index < -0.39 is 10.1 Å². The molecular weight excluding hydrogens is 362 g/mol. The molecular formula is C21H21NO4S. The predicted octanol–water partition coefficient (Wildman–Crippen LogP) is 3.31. The van der Waals surface area contributed by atoms with Gasteiger partial charge in [-0.3, -0.25) is 0 Å². The summed E-state index contributed by atoms with van der Waals surface area (Å²) in [6.45, 7) is 0.783. The largest absolute Gasteiger partial charge is 0.504 e. The van der Waals surface area contributed by atoms with E-state index in [1.54, 1.807) is 12.1 Å². The normalized spacial score (nSPS) is 16.9. The number of phenols is 1. The Morgan fingerprint density at radius 3 is 2.74 bits per heavy atom. The van der Waals surface area contributed by atoms with Crippen LogP contribution in [0.2, 0.25) is 0 Å². The highest BCUT2D eigenvalue weighted by Crippen LogP contribution is 2.37. The molecule has 5 nitrogen and oxygen atoms in total. The zero-order chi connectivity index (χ0) is 19.0. The topological polar surface area (TPSA) is 75.6 Å². The molecule has 0 bridgehead atoms. The molecule has 2 N–H and O–H groups in total. The van der Waals surface area contributed by atoms with Crippen LogP contribution in [0.15, 0.2) is 54.6 Å². The van der Waals surface area contributed by atoms with E-state index in [4.69, 9.17) is 4.18 Å². The van der Waals surface area contributed by atoms with Crippen molar-refractivity contribution in [3.63, 3.8) is 0 Å². The summed E-state index contributed by atoms with van der Waals surface area (Å²) in [6, 6.07) is 17.9. The smallest absolute Gasteiger partial charge is 0.306 e. The number of rotatable bonds is 4. The molecule has 3 aromatic carbocycles. The zero-order valence-electron chi connectivity index (χ0n) is 15.0. The van der Waals surface area contributed by atoms with Crippen molar-refractivity contribution in [2.24, 2.45) is 0 Å². The first-order chi connectivity index (χ1) is 12.9. The molecule has 4 rings (SSSR count). The zero-order valence-corrected chi connectivity index (χ0v) is 15.8. The van der Waals surface area contributed by atoms with E-state index in [1.807, 2.05) is 12.1 Å². The Labute approximate surface area is 158 Å². The van der Waals surface area contributed by atoms with Gasteiger partial charge in [0.15, 0.2) is 11.5 Å². The molecule has 1 heterocycles. The number of fused-ring (bicyclic) bond motifs is 2. The summed E-state index contributed by atoms with van der Waals surface area (Å²) in [5, 5.41) is 16.2. The summed E-state index contributed by atoms with van der Waals surface area (Å²) in [4.78, 5) is 0. The quantitative estimate of drug-likeness (QED) is 0.676. The Bertz CT molecular complexity index is 1100. The van der Waals surface area contributed by atoms with Crippen LogP contribution in [0.5, 0.6) is 11.5 Å². The first-order valence-corrected chi connectivity index (χ1v) is 10.7. The third-order valence-electron chi connectivity index (χ3n) is 4.93. The van der Waals surface area contributed by atoms with Gasteiger partial charge in [0, 0.05) is 6.04 Å². The van der Waals surface area contributed by atoms with Crippen LogP contribution in [0.4, 0.5) is 0 Å². The molecule has 0 amide bonds. The first kappa shape index (κ1) is 17.8. The van der Waals surface area contributed by atoms with Gasteiger partial charge in [0.05, 0.1) is 6.26 Å². The summed E-state index contributed by atoms with van der Waals surface area (Å²) in [5.41, 5.74) is 3.21. The van der Waals surface area contributed by atoms with Gasteiger partial charge in [-0.2, -0.15) is 8.42 Å². The summed E-state index contributed by atoms with van der Waals surface area (Å²) >= 11 is 0. The minimum atomic E-state index is -3.69. The van der Waals surface area contributed by atoms with Crippen LogP contribution in [-0.2, 0) is 23.0 Å². The molecule has 1 aliphatic rings. The second-order valence-corrected chi connectivity index (χ2v) is 8.48. The van der Waals surface area contributed by atoms with Crippen molar-refractivity contribution in [2.75, 3.05) is 12.8 Å². The minimum Gasteiger partial charge on any atom is -0.504 e. The third-order valence-corrected chi connectivity index (χ3v) is 5.41. The number of hydrogen-bond acceptors (Lipinski definition) is 5. The minimum absolute atomic E-state index is 0.0120. The number of hydrogen-bond donors (Lipinski definition) is 2. The monoisotopic (exact) mass is 383 g/mol. The van der Waals surface area contributed by atoms with Crippen LogP contribution in [0.25, 0.3) is 10.8 Å². The molecule has 1 aliphatic heterocycles. The summed E-state index contributed by atoms with van der Waals surface area (Å²) in [5.74, 6) is -0.173. The Morgan fingerprint density at radius 1 is 1.15 bits per heavy atom. The van der Waals surface area contributed by atoms with Crippen LogP contribution < -0.4 is 9.50 Å². The summed E-state index contributed by atoms with van der Waals surface area (Å²) in [7, 11) is -3.69. The summed E-state index contributed by atoms with van der Waals surface area (Å²) < 4.78 is 27.7. The average Bonchev–Trinajstić information content (AvgIpc) is 2.62. The fourth-order valence-corrected chi connectivity index (χ4v) is 4.22. The van der Waals surface area contributed by atoms with E-state index in [1.165, 1.54) is 16.3 Å². The highest BCUT2D eigenvalue weighted by molar-refractivity contribution is 7.86. The summed E-state index contributed by atoms with van der Waals surface area (Å²) in [6.07, 6.45) is 2.50. The van der Waals surface area contributed by atoms with Crippen molar-refractivity contribution < 1.29 is 17.7 Å². The Balaban J connectivity index is 1.70. The van der Waals surface area contributed by atoms with E-state index in [2.05, 4.69) is 35.6 Å². The van der Waals surface area contributed by atoms with Gasteiger partial charge >= 0.3 is 10.1 Å². The van der Waals surface area contributed by atoms with Crippen molar-refractivity contribution in [3.05, 3.63) is 71.3 Å². The molecule has 27 heavy (non-hydrogen) atoms. The number of benzene rings is 3. The Kier molecular flexibility index (Phi) is 4.53. The third kappa shape index (κ3) is 3.77. The van der Waals surface area contributed by atoms with Gasteiger partial charge < -0.3 is 14.6 Å². The SMILES string of the molecule is CS(=O)(=O)Oc1cc2c(cc1O)[C@H](Cc1cccc3ccccc13)NCC2. The van der Waals surface area contributed by atoms with E-state index >= 15 is 0 Å². The highest BCUT2D eigenvalue weighted by Gasteiger charge is 2.24. The van der Waals surface area contributed by atoms with Gasteiger partial charge in [-0.1, -0.05) is 42.5 Å². The molecule has 1 atom stereocenters. The molecule has 6 heteroatoms. The Morgan fingerprint density at radius 2 is 1.93 bits per heavy atom. The Hall–Kier alpha value is -2.57. The van der Waals surface area contributed by atoms with Gasteiger partial charge in [0.1, 0.15) is 0 Å². The number of aromatic hydroxyl groups is 1. The molecule has 0 saturated heterocycles. The average molecular weight is 383 g/mol. The standard InChI is InChI=1S/C21H21NO4S/c1-27(24,25)26-21-12-16-9-10-22-19(18(16)13-20(21)23)11-15-7-4-6-14-5-2-3-8-17(14)15/h2-8,12-13,19,22-23H,9-11H2,1H3/t19-/m0/s1. The second kappa shape index (κ2) is 6.87. The molecule has 0 aliphatic carbocycles. The molecule has 0 fully saturated rings. The fraction of sp³-hybridized carbons (Fsp3) is 0.238. The van der Waals surface area contributed by atoms with Crippen molar-refractivity contribution in [1.29, 1.82) is 0 Å². The molecule has 0 spiro atoms. The number of phenolic OH excluding ortho intramolecular Hbond substituents is 1. The lowest BCUT2D eigenvalue weighted by atomic mass is 9.88. The van der Waals surface area contributed by atoms with E-state index in [0.717, 1.165) is 36.8 Å². The molecule has 0 unspecified atom stereocenters.